The van der Waals surface area contributed by atoms with Crippen molar-refractivity contribution in [3.8, 4) is 0 Å². The SMILES string of the molecule is CS(=O)(=O)c1cccnc1C(=O)N1CCN(C2CC2)c2ccccc21. The third-order valence-electron chi connectivity index (χ3n) is 4.65. The second-order valence-corrected chi connectivity index (χ2v) is 8.48. The van der Waals surface area contributed by atoms with Crippen LogP contribution in [0.4, 0.5) is 11.4 Å². The van der Waals surface area contributed by atoms with E-state index in [0.29, 0.717) is 12.6 Å². The number of amides is 1. The molecule has 25 heavy (non-hydrogen) atoms. The van der Waals surface area contributed by atoms with E-state index in [2.05, 4.69) is 9.88 Å². The molecule has 7 heteroatoms. The van der Waals surface area contributed by atoms with E-state index in [1.54, 1.807) is 4.90 Å². The quantitative estimate of drug-likeness (QED) is 0.841. The van der Waals surface area contributed by atoms with Gasteiger partial charge in [0.25, 0.3) is 5.91 Å². The van der Waals surface area contributed by atoms with Crippen molar-refractivity contribution in [2.45, 2.75) is 23.8 Å². The number of fused-ring (bicyclic) bond motifs is 1. The Bertz CT molecular complexity index is 938. The molecule has 1 aliphatic carbocycles. The number of para-hydroxylation sites is 2. The van der Waals surface area contributed by atoms with E-state index in [-0.39, 0.29) is 16.5 Å². The number of carbonyl (C=O) groups excluding carboxylic acids is 1. The highest BCUT2D eigenvalue weighted by molar-refractivity contribution is 7.90. The molecule has 0 saturated heterocycles. The number of benzene rings is 1. The highest BCUT2D eigenvalue weighted by Gasteiger charge is 2.36. The summed E-state index contributed by atoms with van der Waals surface area (Å²) in [4.78, 5) is 21.1. The summed E-state index contributed by atoms with van der Waals surface area (Å²) in [5.74, 6) is -0.371. The van der Waals surface area contributed by atoms with Crippen LogP contribution < -0.4 is 9.80 Å². The van der Waals surface area contributed by atoms with Crippen molar-refractivity contribution < 1.29 is 13.2 Å². The summed E-state index contributed by atoms with van der Waals surface area (Å²) in [6.45, 7) is 1.26. The predicted octanol–water partition coefficient (Wildman–Crippen LogP) is 2.11. The van der Waals surface area contributed by atoms with Gasteiger partial charge in [-0.1, -0.05) is 12.1 Å². The lowest BCUT2D eigenvalue weighted by Crippen LogP contribution is -2.45. The standard InChI is InChI=1S/C18H19N3O3S/c1-25(23,24)16-7-4-10-19-17(16)18(22)21-12-11-20(13-8-9-13)14-5-2-3-6-15(14)21/h2-7,10,13H,8-9,11-12H2,1H3. The molecule has 0 spiro atoms. The summed E-state index contributed by atoms with van der Waals surface area (Å²) >= 11 is 0. The van der Waals surface area contributed by atoms with Crippen molar-refractivity contribution >= 4 is 27.1 Å². The van der Waals surface area contributed by atoms with Gasteiger partial charge in [0.1, 0.15) is 5.69 Å². The molecule has 1 aliphatic heterocycles. The fraction of sp³-hybridized carbons (Fsp3) is 0.333. The minimum Gasteiger partial charge on any atom is -0.365 e. The number of pyridine rings is 1. The zero-order valence-electron chi connectivity index (χ0n) is 13.9. The molecule has 1 amide bonds. The summed E-state index contributed by atoms with van der Waals surface area (Å²) in [5.41, 5.74) is 1.83. The number of sulfone groups is 1. The molecule has 0 bridgehead atoms. The predicted molar refractivity (Wildman–Crippen MR) is 95.8 cm³/mol. The molecule has 0 atom stereocenters. The van der Waals surface area contributed by atoms with Crippen LogP contribution in [0.25, 0.3) is 0 Å². The molecule has 1 aromatic carbocycles. The largest absolute Gasteiger partial charge is 0.365 e. The van der Waals surface area contributed by atoms with Crippen molar-refractivity contribution in [2.24, 2.45) is 0 Å². The molecular weight excluding hydrogens is 338 g/mol. The highest BCUT2D eigenvalue weighted by Crippen LogP contribution is 2.40. The normalized spacial score (nSPS) is 17.3. The Labute approximate surface area is 147 Å². The molecular formula is C18H19N3O3S. The Balaban J connectivity index is 1.76. The number of hydrogen-bond donors (Lipinski definition) is 0. The molecule has 1 saturated carbocycles. The van der Waals surface area contributed by atoms with E-state index < -0.39 is 9.84 Å². The molecule has 0 N–H and O–H groups in total. The summed E-state index contributed by atoms with van der Waals surface area (Å²) in [5, 5.41) is 0. The lowest BCUT2D eigenvalue weighted by atomic mass is 10.1. The van der Waals surface area contributed by atoms with Crippen LogP contribution in [0.2, 0.25) is 0 Å². The fourth-order valence-corrected chi connectivity index (χ4v) is 4.16. The maximum absolute atomic E-state index is 13.1. The van der Waals surface area contributed by atoms with Gasteiger partial charge in [0, 0.05) is 31.6 Å². The van der Waals surface area contributed by atoms with Crippen molar-refractivity contribution in [1.82, 2.24) is 4.98 Å². The van der Waals surface area contributed by atoms with E-state index in [4.69, 9.17) is 0 Å². The van der Waals surface area contributed by atoms with Gasteiger partial charge in [-0.05, 0) is 37.1 Å². The Morgan fingerprint density at radius 1 is 1.08 bits per heavy atom. The molecule has 1 aromatic heterocycles. The van der Waals surface area contributed by atoms with Crippen LogP contribution in [0.3, 0.4) is 0 Å². The molecule has 1 fully saturated rings. The summed E-state index contributed by atoms with van der Waals surface area (Å²) < 4.78 is 24.0. The number of anilines is 2. The Morgan fingerprint density at radius 2 is 1.80 bits per heavy atom. The summed E-state index contributed by atoms with van der Waals surface area (Å²) in [7, 11) is -3.53. The smallest absolute Gasteiger partial charge is 0.278 e. The van der Waals surface area contributed by atoms with Crippen molar-refractivity contribution in [1.29, 1.82) is 0 Å². The lowest BCUT2D eigenvalue weighted by Gasteiger charge is -2.38. The van der Waals surface area contributed by atoms with Gasteiger partial charge >= 0.3 is 0 Å². The average Bonchev–Trinajstić information content (AvgIpc) is 3.44. The third-order valence-corrected chi connectivity index (χ3v) is 5.78. The van der Waals surface area contributed by atoms with E-state index in [1.165, 1.54) is 31.2 Å². The number of carbonyl (C=O) groups is 1. The van der Waals surface area contributed by atoms with Gasteiger partial charge in [-0.15, -0.1) is 0 Å². The van der Waals surface area contributed by atoms with Crippen molar-refractivity contribution in [3.05, 3.63) is 48.3 Å². The van der Waals surface area contributed by atoms with E-state index in [9.17, 15) is 13.2 Å². The molecule has 2 aliphatic rings. The lowest BCUT2D eigenvalue weighted by molar-refractivity contribution is 0.0978. The first-order valence-electron chi connectivity index (χ1n) is 8.29. The molecule has 6 nitrogen and oxygen atoms in total. The van der Waals surface area contributed by atoms with Crippen LogP contribution in [0.15, 0.2) is 47.5 Å². The molecule has 4 rings (SSSR count). The fourth-order valence-electron chi connectivity index (χ4n) is 3.34. The first-order chi connectivity index (χ1) is 12.0. The van der Waals surface area contributed by atoms with Crippen molar-refractivity contribution in [3.63, 3.8) is 0 Å². The van der Waals surface area contributed by atoms with Crippen LogP contribution >= 0.6 is 0 Å². The molecule has 2 aromatic rings. The monoisotopic (exact) mass is 357 g/mol. The highest BCUT2D eigenvalue weighted by atomic mass is 32.2. The summed E-state index contributed by atoms with van der Waals surface area (Å²) in [6, 6.07) is 11.3. The minimum atomic E-state index is -3.53. The van der Waals surface area contributed by atoms with Crippen LogP contribution in [-0.4, -0.2) is 44.7 Å². The van der Waals surface area contributed by atoms with Gasteiger partial charge in [0.15, 0.2) is 9.84 Å². The average molecular weight is 357 g/mol. The topological polar surface area (TPSA) is 70.6 Å². The first kappa shape index (κ1) is 16.1. The second-order valence-electron chi connectivity index (χ2n) is 6.49. The van der Waals surface area contributed by atoms with Gasteiger partial charge < -0.3 is 9.80 Å². The maximum atomic E-state index is 13.1. The van der Waals surface area contributed by atoms with Crippen LogP contribution in [0, 0.1) is 0 Å². The van der Waals surface area contributed by atoms with E-state index >= 15 is 0 Å². The first-order valence-corrected chi connectivity index (χ1v) is 10.2. The van der Waals surface area contributed by atoms with E-state index in [1.807, 2.05) is 24.3 Å². The van der Waals surface area contributed by atoms with Gasteiger partial charge in [0.05, 0.1) is 16.3 Å². The van der Waals surface area contributed by atoms with Crippen LogP contribution in [0.5, 0.6) is 0 Å². The second kappa shape index (κ2) is 5.84. The van der Waals surface area contributed by atoms with Crippen LogP contribution in [-0.2, 0) is 9.84 Å². The number of aromatic nitrogens is 1. The number of nitrogens with zero attached hydrogens (tertiary/aromatic N) is 3. The van der Waals surface area contributed by atoms with Crippen LogP contribution in [0.1, 0.15) is 23.3 Å². The zero-order valence-corrected chi connectivity index (χ0v) is 14.7. The summed E-state index contributed by atoms with van der Waals surface area (Å²) in [6.07, 6.45) is 4.91. The molecule has 0 unspecified atom stereocenters. The molecule has 130 valence electrons. The van der Waals surface area contributed by atoms with Gasteiger partial charge in [-0.3, -0.25) is 4.79 Å². The molecule has 2 heterocycles. The Kier molecular flexibility index (Phi) is 3.76. The molecule has 0 radical (unpaired) electrons. The van der Waals surface area contributed by atoms with Gasteiger partial charge in [-0.25, -0.2) is 13.4 Å². The number of rotatable bonds is 3. The number of hydrogen-bond acceptors (Lipinski definition) is 5. The zero-order chi connectivity index (χ0) is 17.6. The third kappa shape index (κ3) is 2.89. The van der Waals surface area contributed by atoms with E-state index in [0.717, 1.165) is 24.2 Å². The van der Waals surface area contributed by atoms with Gasteiger partial charge in [0.2, 0.25) is 0 Å². The van der Waals surface area contributed by atoms with Crippen molar-refractivity contribution in [2.75, 3.05) is 29.1 Å². The Hall–Kier alpha value is -2.41. The maximum Gasteiger partial charge on any atom is 0.278 e. The Morgan fingerprint density at radius 3 is 2.48 bits per heavy atom. The van der Waals surface area contributed by atoms with Gasteiger partial charge in [-0.2, -0.15) is 0 Å². The minimum absolute atomic E-state index is 0.0142.